The van der Waals surface area contributed by atoms with Gasteiger partial charge in [-0.2, -0.15) is 0 Å². The molecule has 4 N–H and O–H groups in total. The lowest BCUT2D eigenvalue weighted by atomic mass is 10.0. The maximum absolute atomic E-state index is 10.2. The van der Waals surface area contributed by atoms with E-state index < -0.39 is 11.9 Å². The van der Waals surface area contributed by atoms with Crippen molar-refractivity contribution in [3.8, 4) is 0 Å². The van der Waals surface area contributed by atoms with Crippen molar-refractivity contribution in [2.24, 2.45) is 0 Å². The summed E-state index contributed by atoms with van der Waals surface area (Å²) in [7, 11) is 0. The number of hydrogen-bond acceptors (Lipinski definition) is 4. The molecule has 0 heterocycles. The highest BCUT2D eigenvalue weighted by Crippen LogP contribution is 2.14. The first-order valence-corrected chi connectivity index (χ1v) is 8.65. The van der Waals surface area contributed by atoms with Gasteiger partial charge < -0.3 is 20.4 Å². The predicted octanol–water partition coefficient (Wildman–Crippen LogP) is 3.50. The van der Waals surface area contributed by atoms with Crippen LogP contribution in [0.25, 0.3) is 0 Å². The average molecular weight is 328 g/mol. The van der Waals surface area contributed by atoms with Crippen molar-refractivity contribution in [1.82, 2.24) is 0 Å². The maximum atomic E-state index is 10.2. The fourth-order valence-electron chi connectivity index (χ4n) is 2.35. The molecule has 0 aliphatic rings. The van der Waals surface area contributed by atoms with Crippen LogP contribution in [0.4, 0.5) is 0 Å². The van der Waals surface area contributed by atoms with Crippen molar-refractivity contribution in [3.05, 3.63) is 24.3 Å². The molecule has 0 spiro atoms. The van der Waals surface area contributed by atoms with Gasteiger partial charge in [0.1, 0.15) is 0 Å². The van der Waals surface area contributed by atoms with Crippen molar-refractivity contribution >= 4 is 5.97 Å². The van der Waals surface area contributed by atoms with Gasteiger partial charge in [0.05, 0.1) is 0 Å². The Bertz CT molecular complexity index is 342. The summed E-state index contributed by atoms with van der Waals surface area (Å²) in [6, 6.07) is 0. The maximum Gasteiger partial charge on any atom is 0.328 e. The third-order valence-corrected chi connectivity index (χ3v) is 3.62. The van der Waals surface area contributed by atoms with Crippen LogP contribution in [0.2, 0.25) is 0 Å². The zero-order chi connectivity index (χ0) is 17.4. The number of carboxylic acid groups (broad SMARTS) is 1. The van der Waals surface area contributed by atoms with Gasteiger partial charge in [0.15, 0.2) is 0 Å². The van der Waals surface area contributed by atoms with Gasteiger partial charge in [-0.05, 0) is 19.3 Å². The molecule has 5 heteroatoms. The highest BCUT2D eigenvalue weighted by atomic mass is 16.7. The molecular weight excluding hydrogens is 296 g/mol. The second-order valence-corrected chi connectivity index (χ2v) is 5.97. The molecule has 0 unspecified atom stereocenters. The molecule has 0 fully saturated rings. The van der Waals surface area contributed by atoms with Gasteiger partial charge in [-0.3, -0.25) is 0 Å². The molecule has 134 valence electrons. The molecule has 0 atom stereocenters. The Labute approximate surface area is 139 Å². The highest BCUT2D eigenvalue weighted by molar-refractivity contribution is 5.80. The summed E-state index contributed by atoms with van der Waals surface area (Å²) >= 11 is 0. The van der Waals surface area contributed by atoms with Gasteiger partial charge in [-0.1, -0.05) is 69.6 Å². The minimum atomic E-state index is -2.50. The van der Waals surface area contributed by atoms with Crippen molar-refractivity contribution in [3.63, 3.8) is 0 Å². The number of carboxylic acids is 1. The van der Waals surface area contributed by atoms with Crippen LogP contribution in [0.5, 0.6) is 0 Å². The summed E-state index contributed by atoms with van der Waals surface area (Å²) in [5.74, 6) is -3.42. The number of carbonyl (C=O) groups is 1. The molecule has 23 heavy (non-hydrogen) atoms. The third-order valence-electron chi connectivity index (χ3n) is 3.62. The van der Waals surface area contributed by atoms with E-state index in [9.17, 15) is 4.79 Å². The van der Waals surface area contributed by atoms with Crippen molar-refractivity contribution in [2.75, 3.05) is 0 Å². The van der Waals surface area contributed by atoms with Crippen LogP contribution >= 0.6 is 0 Å². The second-order valence-electron chi connectivity index (χ2n) is 5.97. The van der Waals surface area contributed by atoms with E-state index in [1.165, 1.54) is 32.1 Å². The number of aliphatic hydroxyl groups is 3. The third kappa shape index (κ3) is 20.8. The van der Waals surface area contributed by atoms with Crippen molar-refractivity contribution in [1.29, 1.82) is 0 Å². The fraction of sp³-hybridized carbons (Fsp3) is 0.722. The molecule has 0 aromatic heterocycles. The number of hydrogen-bond donors (Lipinski definition) is 4. The molecule has 0 amide bonds. The Morgan fingerprint density at radius 2 is 1.22 bits per heavy atom. The van der Waals surface area contributed by atoms with Gasteiger partial charge >= 0.3 is 5.97 Å². The summed E-state index contributed by atoms with van der Waals surface area (Å²) in [6.07, 6.45) is 18.5. The average Bonchev–Trinajstić information content (AvgIpc) is 2.45. The van der Waals surface area contributed by atoms with Gasteiger partial charge in [-0.15, -0.1) is 0 Å². The van der Waals surface area contributed by atoms with Gasteiger partial charge in [0, 0.05) is 12.5 Å². The van der Waals surface area contributed by atoms with Gasteiger partial charge in [-0.25, -0.2) is 4.79 Å². The lowest BCUT2D eigenvalue weighted by molar-refractivity contribution is -0.315. The molecule has 0 saturated heterocycles. The van der Waals surface area contributed by atoms with Gasteiger partial charge in [0.25, 0.3) is 5.97 Å². The van der Waals surface area contributed by atoms with E-state index in [-0.39, 0.29) is 6.42 Å². The van der Waals surface area contributed by atoms with E-state index in [1.54, 1.807) is 12.2 Å². The zero-order valence-electron chi connectivity index (χ0n) is 14.0. The Hall–Kier alpha value is -1.17. The van der Waals surface area contributed by atoms with Crippen molar-refractivity contribution in [2.45, 2.75) is 83.0 Å². The molecule has 0 aromatic rings. The quantitative estimate of drug-likeness (QED) is 0.160. The largest absolute Gasteiger partial charge is 0.478 e. The van der Waals surface area contributed by atoms with E-state index in [1.807, 2.05) is 6.08 Å². The first-order valence-electron chi connectivity index (χ1n) is 8.65. The lowest BCUT2D eigenvalue weighted by Crippen LogP contribution is -2.26. The number of rotatable bonds is 15. The number of unbranched alkanes of at least 4 members (excludes halogenated alkanes) is 10. The zero-order valence-corrected chi connectivity index (χ0v) is 14.0. The fourth-order valence-corrected chi connectivity index (χ4v) is 2.35. The van der Waals surface area contributed by atoms with Crippen LogP contribution in [0.15, 0.2) is 24.3 Å². The Kier molecular flexibility index (Phi) is 13.7. The molecular formula is C18H32O5. The summed E-state index contributed by atoms with van der Waals surface area (Å²) in [5, 5.41) is 34.6. The van der Waals surface area contributed by atoms with E-state index in [2.05, 4.69) is 0 Å². The first kappa shape index (κ1) is 21.8. The smallest absolute Gasteiger partial charge is 0.328 e. The molecule has 0 saturated carbocycles. The molecule has 0 aliphatic heterocycles. The van der Waals surface area contributed by atoms with Crippen LogP contribution in [-0.2, 0) is 4.79 Å². The Balaban J connectivity index is 3.18. The van der Waals surface area contributed by atoms with Crippen LogP contribution < -0.4 is 0 Å². The lowest BCUT2D eigenvalue weighted by Gasteiger charge is -2.12. The molecule has 0 aromatic carbocycles. The minimum Gasteiger partial charge on any atom is -0.478 e. The van der Waals surface area contributed by atoms with Crippen LogP contribution in [0, 0.1) is 0 Å². The molecule has 5 nitrogen and oxygen atoms in total. The second kappa shape index (κ2) is 14.4. The van der Waals surface area contributed by atoms with E-state index >= 15 is 0 Å². The summed E-state index contributed by atoms with van der Waals surface area (Å²) < 4.78 is 0. The normalized spacial score (nSPS) is 12.5. The Morgan fingerprint density at radius 1 is 0.739 bits per heavy atom. The van der Waals surface area contributed by atoms with Gasteiger partial charge in [0.2, 0.25) is 0 Å². The van der Waals surface area contributed by atoms with Crippen LogP contribution in [-0.4, -0.2) is 32.4 Å². The SMILES string of the molecule is O=C(O)C=CC=CCCCCCCCCCCCCC(O)(O)O. The Morgan fingerprint density at radius 3 is 1.70 bits per heavy atom. The topological polar surface area (TPSA) is 98.0 Å². The van der Waals surface area contributed by atoms with E-state index in [0.29, 0.717) is 6.42 Å². The summed E-state index contributed by atoms with van der Waals surface area (Å²) in [4.78, 5) is 10.2. The van der Waals surface area contributed by atoms with Crippen molar-refractivity contribution < 1.29 is 25.2 Å². The highest BCUT2D eigenvalue weighted by Gasteiger charge is 2.16. The minimum absolute atomic E-state index is 0.0214. The molecule has 0 rings (SSSR count). The van der Waals surface area contributed by atoms with Crippen LogP contribution in [0.3, 0.4) is 0 Å². The van der Waals surface area contributed by atoms with Crippen LogP contribution in [0.1, 0.15) is 77.0 Å². The number of aliphatic carboxylic acids is 1. The number of allylic oxidation sites excluding steroid dienone is 3. The monoisotopic (exact) mass is 328 g/mol. The predicted molar refractivity (Wildman–Crippen MR) is 90.7 cm³/mol. The standard InChI is InChI=1S/C18H32O5/c19-17(20)15-13-11-9-7-5-3-1-2-4-6-8-10-12-14-16-18(21,22)23/h9,11,13,15,21-23H,1-8,10,12,14,16H2,(H,19,20). The van der Waals surface area contributed by atoms with E-state index in [0.717, 1.165) is 38.2 Å². The molecule has 0 bridgehead atoms. The molecule has 0 radical (unpaired) electrons. The first-order chi connectivity index (χ1) is 10.9. The van der Waals surface area contributed by atoms with E-state index in [4.69, 9.17) is 20.4 Å². The molecule has 0 aliphatic carbocycles. The summed E-state index contributed by atoms with van der Waals surface area (Å²) in [5.41, 5.74) is 0. The summed E-state index contributed by atoms with van der Waals surface area (Å²) in [6.45, 7) is 0.